The van der Waals surface area contributed by atoms with Crippen LogP contribution in [0.3, 0.4) is 0 Å². The number of hydrogen-bond acceptors (Lipinski definition) is 4. The van der Waals surface area contributed by atoms with Gasteiger partial charge < -0.3 is 4.90 Å². The summed E-state index contributed by atoms with van der Waals surface area (Å²) >= 11 is 1.14. The van der Waals surface area contributed by atoms with Crippen molar-refractivity contribution in [3.8, 4) is 11.1 Å². The van der Waals surface area contributed by atoms with E-state index in [1.165, 1.54) is 54.4 Å². The van der Waals surface area contributed by atoms with Crippen LogP contribution in [0.15, 0.2) is 53.4 Å². The Hall–Kier alpha value is -2.65. The molecule has 0 atom stereocenters. The topological polar surface area (TPSA) is 54.5 Å². The molecular weight excluding hydrogens is 447 g/mol. The number of hydrogen-bond donors (Lipinski definition) is 0. The summed E-state index contributed by atoms with van der Waals surface area (Å²) in [5, 5.41) is 0. The standard InChI is InChI=1S/C22H20F3NO3S2/c1-13-19(17-7-5-6-8-18(17)22(23,24)25)14(2)30-20(13)21(27)26(3)15-9-11-16(12-10-15)31(4,28)29/h5-12H,1-4H3. The van der Waals surface area contributed by atoms with Crippen molar-refractivity contribution in [3.63, 3.8) is 0 Å². The van der Waals surface area contributed by atoms with Crippen molar-refractivity contribution < 1.29 is 26.4 Å². The van der Waals surface area contributed by atoms with Gasteiger partial charge in [0.25, 0.3) is 5.91 Å². The number of anilines is 1. The van der Waals surface area contributed by atoms with Crippen molar-refractivity contribution in [2.45, 2.75) is 24.9 Å². The van der Waals surface area contributed by atoms with E-state index in [1.807, 2.05) is 0 Å². The number of rotatable bonds is 4. The molecule has 3 aromatic rings. The van der Waals surface area contributed by atoms with Gasteiger partial charge >= 0.3 is 6.18 Å². The van der Waals surface area contributed by atoms with Gasteiger partial charge in [0.1, 0.15) is 0 Å². The maximum atomic E-state index is 13.5. The summed E-state index contributed by atoms with van der Waals surface area (Å²) in [5.41, 5.74) is 0.647. The number of sulfone groups is 1. The molecule has 1 amide bonds. The highest BCUT2D eigenvalue weighted by Crippen LogP contribution is 2.43. The first-order valence-electron chi connectivity index (χ1n) is 9.17. The summed E-state index contributed by atoms with van der Waals surface area (Å²) in [6, 6.07) is 11.2. The average molecular weight is 468 g/mol. The van der Waals surface area contributed by atoms with Gasteiger partial charge in [-0.05, 0) is 60.9 Å². The molecule has 9 heteroatoms. The van der Waals surface area contributed by atoms with Crippen molar-refractivity contribution in [1.82, 2.24) is 0 Å². The second kappa shape index (κ2) is 8.12. The van der Waals surface area contributed by atoms with Crippen LogP contribution < -0.4 is 4.90 Å². The van der Waals surface area contributed by atoms with E-state index in [9.17, 15) is 26.4 Å². The van der Waals surface area contributed by atoms with E-state index in [2.05, 4.69) is 0 Å². The average Bonchev–Trinajstić information content (AvgIpc) is 2.99. The summed E-state index contributed by atoms with van der Waals surface area (Å²) in [6.07, 6.45) is -3.42. The third-order valence-electron chi connectivity index (χ3n) is 4.98. The summed E-state index contributed by atoms with van der Waals surface area (Å²) < 4.78 is 63.8. The van der Waals surface area contributed by atoms with E-state index >= 15 is 0 Å². The number of nitrogens with zero attached hydrogens (tertiary/aromatic N) is 1. The molecule has 1 heterocycles. The highest BCUT2D eigenvalue weighted by atomic mass is 32.2. The highest BCUT2D eigenvalue weighted by Gasteiger charge is 2.35. The zero-order valence-corrected chi connectivity index (χ0v) is 18.9. The van der Waals surface area contributed by atoms with E-state index in [1.54, 1.807) is 13.8 Å². The smallest absolute Gasteiger partial charge is 0.311 e. The Bertz CT molecular complexity index is 1240. The molecule has 0 aliphatic heterocycles. The van der Waals surface area contributed by atoms with Crippen LogP contribution in [0.5, 0.6) is 0 Å². The maximum Gasteiger partial charge on any atom is 0.417 e. The molecule has 0 aliphatic carbocycles. The summed E-state index contributed by atoms with van der Waals surface area (Å²) in [5.74, 6) is -0.381. The molecule has 3 rings (SSSR count). The van der Waals surface area contributed by atoms with Gasteiger partial charge in [-0.3, -0.25) is 4.79 Å². The molecule has 0 aliphatic rings. The Morgan fingerprint density at radius 2 is 1.58 bits per heavy atom. The lowest BCUT2D eigenvalue weighted by molar-refractivity contribution is -0.137. The van der Waals surface area contributed by atoms with Gasteiger partial charge in [0.2, 0.25) is 0 Å². The fourth-order valence-electron chi connectivity index (χ4n) is 3.39. The zero-order valence-electron chi connectivity index (χ0n) is 17.2. The van der Waals surface area contributed by atoms with Crippen molar-refractivity contribution in [3.05, 3.63) is 69.4 Å². The van der Waals surface area contributed by atoms with E-state index in [-0.39, 0.29) is 16.4 Å². The number of aryl methyl sites for hydroxylation is 1. The lowest BCUT2D eigenvalue weighted by Gasteiger charge is -2.18. The van der Waals surface area contributed by atoms with Crippen LogP contribution in [-0.2, 0) is 16.0 Å². The molecule has 0 saturated heterocycles. The number of alkyl halides is 3. The molecule has 0 radical (unpaired) electrons. The third-order valence-corrected chi connectivity index (χ3v) is 7.30. The monoisotopic (exact) mass is 467 g/mol. The van der Waals surface area contributed by atoms with E-state index in [0.717, 1.165) is 23.7 Å². The number of amides is 1. The lowest BCUT2D eigenvalue weighted by Crippen LogP contribution is -2.26. The second-order valence-electron chi connectivity index (χ2n) is 7.16. The first-order valence-corrected chi connectivity index (χ1v) is 11.9. The van der Waals surface area contributed by atoms with Gasteiger partial charge in [-0.15, -0.1) is 11.3 Å². The summed E-state index contributed by atoms with van der Waals surface area (Å²) in [7, 11) is -1.83. The van der Waals surface area contributed by atoms with Crippen LogP contribution in [0, 0.1) is 13.8 Å². The Labute approximate surface area is 182 Å². The van der Waals surface area contributed by atoms with Gasteiger partial charge in [-0.2, -0.15) is 13.2 Å². The number of benzene rings is 2. The molecule has 0 unspecified atom stereocenters. The normalized spacial score (nSPS) is 12.1. The van der Waals surface area contributed by atoms with Crippen molar-refractivity contribution >= 4 is 32.8 Å². The molecular formula is C22H20F3NO3S2. The van der Waals surface area contributed by atoms with E-state index in [0.29, 0.717) is 26.6 Å². The minimum Gasteiger partial charge on any atom is -0.311 e. The summed E-state index contributed by atoms with van der Waals surface area (Å²) in [6.45, 7) is 3.33. The Morgan fingerprint density at radius 1 is 1.00 bits per heavy atom. The Balaban J connectivity index is 2.02. The van der Waals surface area contributed by atoms with Crippen LogP contribution in [0.4, 0.5) is 18.9 Å². The molecule has 0 spiro atoms. The molecule has 31 heavy (non-hydrogen) atoms. The molecule has 0 fully saturated rings. The Kier molecular flexibility index (Phi) is 6.03. The van der Waals surface area contributed by atoms with E-state index < -0.39 is 21.6 Å². The molecule has 0 N–H and O–H groups in total. The predicted octanol–water partition coefficient (Wildman–Crippen LogP) is 5.73. The molecule has 0 bridgehead atoms. The van der Waals surface area contributed by atoms with Crippen molar-refractivity contribution in [2.24, 2.45) is 0 Å². The molecule has 4 nitrogen and oxygen atoms in total. The van der Waals surface area contributed by atoms with Crippen LogP contribution in [0.25, 0.3) is 11.1 Å². The van der Waals surface area contributed by atoms with Crippen molar-refractivity contribution in [2.75, 3.05) is 18.2 Å². The first-order chi connectivity index (χ1) is 14.3. The number of carbonyl (C=O) groups is 1. The highest BCUT2D eigenvalue weighted by molar-refractivity contribution is 7.90. The zero-order chi connectivity index (χ0) is 23.1. The van der Waals surface area contributed by atoms with Crippen LogP contribution in [-0.4, -0.2) is 27.6 Å². The van der Waals surface area contributed by atoms with Crippen molar-refractivity contribution in [1.29, 1.82) is 0 Å². The van der Waals surface area contributed by atoms with Gasteiger partial charge in [-0.1, -0.05) is 18.2 Å². The SMILES string of the molecule is Cc1sc(C(=O)N(C)c2ccc(S(C)(=O)=O)cc2)c(C)c1-c1ccccc1C(F)(F)F. The van der Waals surface area contributed by atoms with E-state index in [4.69, 9.17) is 0 Å². The molecule has 1 aromatic heterocycles. The largest absolute Gasteiger partial charge is 0.417 e. The minimum absolute atomic E-state index is 0.0421. The van der Waals surface area contributed by atoms with Crippen LogP contribution in [0.1, 0.15) is 25.7 Å². The predicted molar refractivity (Wildman–Crippen MR) is 117 cm³/mol. The fraction of sp³-hybridized carbons (Fsp3) is 0.227. The van der Waals surface area contributed by atoms with Gasteiger partial charge in [0.05, 0.1) is 15.3 Å². The van der Waals surface area contributed by atoms with Gasteiger partial charge in [-0.25, -0.2) is 8.42 Å². The Morgan fingerprint density at radius 3 is 2.13 bits per heavy atom. The quantitative estimate of drug-likeness (QED) is 0.492. The second-order valence-corrected chi connectivity index (χ2v) is 10.4. The van der Waals surface area contributed by atoms with Crippen LogP contribution >= 0.6 is 11.3 Å². The molecule has 164 valence electrons. The third kappa shape index (κ3) is 4.52. The molecule has 2 aromatic carbocycles. The number of thiophene rings is 1. The lowest BCUT2D eigenvalue weighted by atomic mass is 9.96. The number of halogens is 3. The minimum atomic E-state index is -4.51. The summed E-state index contributed by atoms with van der Waals surface area (Å²) in [4.78, 5) is 15.5. The van der Waals surface area contributed by atoms with Gasteiger partial charge in [0, 0.05) is 23.9 Å². The van der Waals surface area contributed by atoms with Gasteiger partial charge in [0.15, 0.2) is 9.84 Å². The molecule has 0 saturated carbocycles. The first kappa shape index (κ1) is 23.0. The fourth-order valence-corrected chi connectivity index (χ4v) is 5.17. The number of carbonyl (C=O) groups excluding carboxylic acids is 1. The maximum absolute atomic E-state index is 13.5. The van der Waals surface area contributed by atoms with Crippen LogP contribution in [0.2, 0.25) is 0 Å².